The monoisotopic (exact) mass is 500 g/mol. The molecule has 0 aliphatic carbocycles. The maximum Gasteiger partial charge on any atom is 0.350 e. The number of aryl methyl sites for hydroxylation is 1. The molecule has 1 rings (SSSR count). The Balaban J connectivity index is 0.00000625. The molecule has 0 aliphatic rings. The van der Waals surface area contributed by atoms with Gasteiger partial charge in [-0.25, -0.2) is 9.78 Å². The van der Waals surface area contributed by atoms with Crippen molar-refractivity contribution in [3.05, 3.63) is 15.6 Å². The molecule has 0 saturated carbocycles. The van der Waals surface area contributed by atoms with E-state index in [1.54, 1.807) is 21.1 Å². The van der Waals surface area contributed by atoms with Gasteiger partial charge in [0.05, 0.1) is 38.2 Å². The second-order valence-electron chi connectivity index (χ2n) is 5.16. The fourth-order valence-electron chi connectivity index (χ4n) is 1.94. The molecule has 0 fully saturated rings. The highest BCUT2D eigenvalue weighted by molar-refractivity contribution is 14.0. The minimum Gasteiger partial charge on any atom is -0.462 e. The number of nitrogens with zero attached hydrogens (tertiary/aromatic N) is 2. The number of thiazole rings is 1. The number of esters is 1. The van der Waals surface area contributed by atoms with Gasteiger partial charge in [0.15, 0.2) is 5.96 Å². The number of aromatic nitrogens is 1. The highest BCUT2D eigenvalue weighted by atomic mass is 127. The first-order valence-corrected chi connectivity index (χ1v) is 9.03. The summed E-state index contributed by atoms with van der Waals surface area (Å²) in [5.41, 5.74) is 0.682. The van der Waals surface area contributed by atoms with Gasteiger partial charge in [0.1, 0.15) is 9.88 Å². The molecule has 2 N–H and O–H groups in total. The van der Waals surface area contributed by atoms with Crippen molar-refractivity contribution in [2.24, 2.45) is 4.99 Å². The highest BCUT2D eigenvalue weighted by Gasteiger charge is 2.19. The molecule has 1 aromatic heterocycles. The summed E-state index contributed by atoms with van der Waals surface area (Å²) >= 11 is 1.34. The average Bonchev–Trinajstić information content (AvgIpc) is 2.99. The lowest BCUT2D eigenvalue weighted by Crippen LogP contribution is -2.40. The summed E-state index contributed by atoms with van der Waals surface area (Å²) in [7, 11) is 3.34. The third-order valence-corrected chi connectivity index (χ3v) is 4.51. The minimum absolute atomic E-state index is 0. The van der Waals surface area contributed by atoms with Crippen LogP contribution in [0.2, 0.25) is 0 Å². The van der Waals surface area contributed by atoms with Crippen molar-refractivity contribution in [2.75, 3.05) is 47.1 Å². The van der Waals surface area contributed by atoms with Gasteiger partial charge in [0, 0.05) is 20.7 Å². The molecule has 150 valence electrons. The van der Waals surface area contributed by atoms with Crippen LogP contribution < -0.4 is 10.6 Å². The quantitative estimate of drug-likeness (QED) is 0.167. The van der Waals surface area contributed by atoms with Crippen molar-refractivity contribution < 1.29 is 19.0 Å². The smallest absolute Gasteiger partial charge is 0.350 e. The van der Waals surface area contributed by atoms with E-state index < -0.39 is 0 Å². The van der Waals surface area contributed by atoms with E-state index in [2.05, 4.69) is 20.6 Å². The van der Waals surface area contributed by atoms with Crippen molar-refractivity contribution >= 4 is 47.2 Å². The molecule has 1 atom stereocenters. The van der Waals surface area contributed by atoms with Crippen molar-refractivity contribution in [3.8, 4) is 0 Å². The lowest BCUT2D eigenvalue weighted by atomic mass is 10.3. The molecular formula is C16H29IN4O4S. The van der Waals surface area contributed by atoms with Gasteiger partial charge in [0.25, 0.3) is 0 Å². The molecule has 0 aliphatic heterocycles. The molecule has 8 nitrogen and oxygen atoms in total. The molecule has 26 heavy (non-hydrogen) atoms. The van der Waals surface area contributed by atoms with E-state index in [1.807, 2.05) is 13.8 Å². The number of rotatable bonds is 10. The fourth-order valence-corrected chi connectivity index (χ4v) is 2.90. The molecule has 1 aromatic rings. The van der Waals surface area contributed by atoms with Crippen LogP contribution in [0.1, 0.15) is 40.3 Å². The van der Waals surface area contributed by atoms with Gasteiger partial charge in [0.2, 0.25) is 0 Å². The Morgan fingerprint density at radius 3 is 2.69 bits per heavy atom. The maximum absolute atomic E-state index is 11.9. The topological polar surface area (TPSA) is 94.1 Å². The van der Waals surface area contributed by atoms with Gasteiger partial charge in [-0.05, 0) is 20.8 Å². The number of methoxy groups -OCH3 is 1. The Labute approximate surface area is 176 Å². The lowest BCUT2D eigenvalue weighted by molar-refractivity contribution is 0.0531. The van der Waals surface area contributed by atoms with Crippen molar-refractivity contribution in [1.82, 2.24) is 15.6 Å². The first kappa shape index (κ1) is 25.0. The third-order valence-electron chi connectivity index (χ3n) is 3.19. The fraction of sp³-hybridized carbons (Fsp3) is 0.688. The number of nitrogens with one attached hydrogen (secondary N) is 2. The van der Waals surface area contributed by atoms with Crippen LogP contribution in [0.4, 0.5) is 0 Å². The molecule has 0 saturated heterocycles. The van der Waals surface area contributed by atoms with Gasteiger partial charge < -0.3 is 24.8 Å². The molecule has 1 unspecified atom stereocenters. The van der Waals surface area contributed by atoms with Gasteiger partial charge in [-0.2, -0.15) is 0 Å². The van der Waals surface area contributed by atoms with Crippen molar-refractivity contribution in [3.63, 3.8) is 0 Å². The highest BCUT2D eigenvalue weighted by Crippen LogP contribution is 2.24. The molecule has 10 heteroatoms. The number of hydrogen-bond donors (Lipinski definition) is 2. The summed E-state index contributed by atoms with van der Waals surface area (Å²) in [6.45, 7) is 8.24. The largest absolute Gasteiger partial charge is 0.462 e. The molecule has 1 heterocycles. The standard InChI is InChI=1S/C16H28N4O4S.HI/c1-6-24-15(21)13-11(2)19-14(25-13)12(3)20-16(17-4)18-7-8-23-10-9-22-5;/h12H,6-10H2,1-5H3,(H2,17,18,20);1H. The zero-order chi connectivity index (χ0) is 18.7. The van der Waals surface area contributed by atoms with Crippen LogP contribution >= 0.6 is 35.3 Å². The first-order valence-electron chi connectivity index (χ1n) is 8.21. The molecule has 0 amide bonds. The van der Waals surface area contributed by atoms with Crippen LogP contribution in [0.5, 0.6) is 0 Å². The number of ether oxygens (including phenoxy) is 3. The van der Waals surface area contributed by atoms with E-state index in [0.717, 1.165) is 5.01 Å². The lowest BCUT2D eigenvalue weighted by Gasteiger charge is -2.16. The summed E-state index contributed by atoms with van der Waals surface area (Å²) in [5.74, 6) is 0.319. The molecule has 0 aromatic carbocycles. The Kier molecular flexibility index (Phi) is 13.6. The number of carbonyl (C=O) groups is 1. The van der Waals surface area contributed by atoms with Crippen LogP contribution in [0.15, 0.2) is 4.99 Å². The van der Waals surface area contributed by atoms with Crippen LogP contribution in [-0.2, 0) is 14.2 Å². The zero-order valence-electron chi connectivity index (χ0n) is 16.0. The summed E-state index contributed by atoms with van der Waals surface area (Å²) in [5, 5.41) is 7.23. The molecular weight excluding hydrogens is 471 g/mol. The van der Waals surface area contributed by atoms with E-state index >= 15 is 0 Å². The molecule has 0 bridgehead atoms. The summed E-state index contributed by atoms with van der Waals surface area (Å²) in [4.78, 5) is 21.1. The van der Waals surface area contributed by atoms with E-state index in [9.17, 15) is 4.79 Å². The second-order valence-corrected chi connectivity index (χ2v) is 6.19. The van der Waals surface area contributed by atoms with Crippen LogP contribution in [0, 0.1) is 6.92 Å². The van der Waals surface area contributed by atoms with E-state index in [-0.39, 0.29) is 36.0 Å². The van der Waals surface area contributed by atoms with E-state index in [0.29, 0.717) is 49.5 Å². The Bertz CT molecular complexity index is 568. The molecule has 0 radical (unpaired) electrons. The zero-order valence-corrected chi connectivity index (χ0v) is 19.1. The van der Waals surface area contributed by atoms with Crippen molar-refractivity contribution in [1.29, 1.82) is 0 Å². The Morgan fingerprint density at radius 1 is 1.35 bits per heavy atom. The van der Waals surface area contributed by atoms with Gasteiger partial charge in [-0.15, -0.1) is 35.3 Å². The SMILES string of the molecule is CCOC(=O)c1sc(C(C)NC(=NC)NCCOCCOC)nc1C.I. The van der Waals surface area contributed by atoms with Crippen molar-refractivity contribution in [2.45, 2.75) is 26.8 Å². The maximum atomic E-state index is 11.9. The number of aliphatic imine (C=N–C) groups is 1. The third kappa shape index (κ3) is 8.60. The van der Waals surface area contributed by atoms with E-state index in [1.165, 1.54) is 11.3 Å². The minimum atomic E-state index is -0.327. The number of halogens is 1. The predicted molar refractivity (Wildman–Crippen MR) is 114 cm³/mol. The van der Waals surface area contributed by atoms with Crippen LogP contribution in [0.25, 0.3) is 0 Å². The van der Waals surface area contributed by atoms with Crippen LogP contribution in [0.3, 0.4) is 0 Å². The summed E-state index contributed by atoms with van der Waals surface area (Å²) in [6.07, 6.45) is 0. The predicted octanol–water partition coefficient (Wildman–Crippen LogP) is 2.14. The van der Waals surface area contributed by atoms with Crippen LogP contribution in [-0.4, -0.2) is 64.0 Å². The Hall–Kier alpha value is -0.980. The summed E-state index contributed by atoms with van der Waals surface area (Å²) < 4.78 is 15.4. The van der Waals surface area contributed by atoms with E-state index in [4.69, 9.17) is 14.2 Å². The van der Waals surface area contributed by atoms with Gasteiger partial charge in [-0.3, -0.25) is 4.99 Å². The molecule has 0 spiro atoms. The summed E-state index contributed by atoms with van der Waals surface area (Å²) in [6, 6.07) is -0.0903. The number of guanidine groups is 1. The Morgan fingerprint density at radius 2 is 2.08 bits per heavy atom. The number of hydrogen-bond acceptors (Lipinski definition) is 7. The first-order chi connectivity index (χ1) is 12.0. The average molecular weight is 500 g/mol. The normalized spacial score (nSPS) is 12.3. The van der Waals surface area contributed by atoms with Gasteiger partial charge in [-0.1, -0.05) is 0 Å². The second kappa shape index (κ2) is 14.1. The number of carbonyl (C=O) groups excluding carboxylic acids is 1. The van der Waals surface area contributed by atoms with Gasteiger partial charge >= 0.3 is 5.97 Å².